The van der Waals surface area contributed by atoms with Crippen LogP contribution >= 0.6 is 24.8 Å². The monoisotopic (exact) mass is 403 g/mol. The van der Waals surface area contributed by atoms with E-state index < -0.39 is 0 Å². The molecule has 7 heteroatoms. The van der Waals surface area contributed by atoms with E-state index in [1.165, 1.54) is 5.56 Å². The summed E-state index contributed by atoms with van der Waals surface area (Å²) in [4.78, 5) is 17.6. The molecule has 2 unspecified atom stereocenters. The van der Waals surface area contributed by atoms with E-state index in [0.717, 1.165) is 52.4 Å². The van der Waals surface area contributed by atoms with Crippen molar-refractivity contribution < 1.29 is 9.53 Å². The van der Waals surface area contributed by atoms with E-state index in [4.69, 9.17) is 4.74 Å². The minimum absolute atomic E-state index is 0. The molecule has 2 aliphatic rings. The quantitative estimate of drug-likeness (QED) is 0.790. The van der Waals surface area contributed by atoms with E-state index in [0.29, 0.717) is 12.5 Å². The van der Waals surface area contributed by atoms with Crippen LogP contribution in [0.3, 0.4) is 0 Å². The lowest BCUT2D eigenvalue weighted by Gasteiger charge is -2.36. The highest BCUT2D eigenvalue weighted by atomic mass is 35.5. The van der Waals surface area contributed by atoms with Gasteiger partial charge in [0.05, 0.1) is 19.1 Å². The lowest BCUT2D eigenvalue weighted by Crippen LogP contribution is -2.49. The van der Waals surface area contributed by atoms with Gasteiger partial charge in [0.25, 0.3) is 0 Å². The van der Waals surface area contributed by atoms with Crippen LogP contribution in [0.15, 0.2) is 30.3 Å². The van der Waals surface area contributed by atoms with E-state index in [2.05, 4.69) is 34.2 Å². The standard InChI is InChI=1S/C19H29N3O2.2ClH/c1-16(14-21-9-11-24-12-10-21)22(15-17-5-3-2-4-6-17)19(23)18-7-8-20-13-18;;/h2-6,16,18,20H,7-15H2,1H3;2*1H. The molecule has 26 heavy (non-hydrogen) atoms. The van der Waals surface area contributed by atoms with Crippen LogP contribution in [-0.2, 0) is 16.1 Å². The average molecular weight is 404 g/mol. The number of carbonyl (C=O) groups is 1. The second kappa shape index (κ2) is 11.8. The number of rotatable bonds is 6. The number of ether oxygens (including phenoxy) is 1. The number of amides is 1. The Morgan fingerprint density at radius 3 is 2.58 bits per heavy atom. The van der Waals surface area contributed by atoms with E-state index in [-0.39, 0.29) is 36.8 Å². The molecule has 2 aliphatic heterocycles. The van der Waals surface area contributed by atoms with Crippen molar-refractivity contribution >= 4 is 30.7 Å². The first kappa shape index (κ1) is 23.2. The summed E-state index contributed by atoms with van der Waals surface area (Å²) in [6, 6.07) is 10.5. The molecule has 2 atom stereocenters. The van der Waals surface area contributed by atoms with Gasteiger partial charge in [-0.15, -0.1) is 24.8 Å². The summed E-state index contributed by atoms with van der Waals surface area (Å²) in [6.07, 6.45) is 0.953. The van der Waals surface area contributed by atoms with Gasteiger partial charge in [0.1, 0.15) is 0 Å². The third kappa shape index (κ3) is 6.39. The van der Waals surface area contributed by atoms with Crippen molar-refractivity contribution in [2.24, 2.45) is 5.92 Å². The van der Waals surface area contributed by atoms with Crippen LogP contribution in [0.1, 0.15) is 18.9 Å². The van der Waals surface area contributed by atoms with Crippen molar-refractivity contribution in [2.75, 3.05) is 45.9 Å². The van der Waals surface area contributed by atoms with E-state index in [9.17, 15) is 4.79 Å². The molecule has 1 N–H and O–H groups in total. The second-order valence-corrected chi connectivity index (χ2v) is 6.90. The molecule has 1 aromatic rings. The maximum absolute atomic E-state index is 13.1. The van der Waals surface area contributed by atoms with Crippen LogP contribution in [0.4, 0.5) is 0 Å². The van der Waals surface area contributed by atoms with Gasteiger partial charge in [-0.05, 0) is 25.5 Å². The molecule has 0 aliphatic carbocycles. The molecule has 3 rings (SSSR count). The first-order valence-corrected chi connectivity index (χ1v) is 9.09. The van der Waals surface area contributed by atoms with Gasteiger partial charge in [0.15, 0.2) is 0 Å². The number of halogens is 2. The molecular weight excluding hydrogens is 373 g/mol. The molecule has 5 nitrogen and oxygen atoms in total. The maximum Gasteiger partial charge on any atom is 0.227 e. The second-order valence-electron chi connectivity index (χ2n) is 6.90. The summed E-state index contributed by atoms with van der Waals surface area (Å²) in [5.41, 5.74) is 1.20. The molecule has 0 radical (unpaired) electrons. The van der Waals surface area contributed by atoms with Crippen LogP contribution < -0.4 is 5.32 Å². The minimum atomic E-state index is 0. The minimum Gasteiger partial charge on any atom is -0.379 e. The van der Waals surface area contributed by atoms with Gasteiger partial charge in [0, 0.05) is 38.8 Å². The Kier molecular flexibility index (Phi) is 10.5. The molecule has 1 amide bonds. The highest BCUT2D eigenvalue weighted by Gasteiger charge is 2.30. The summed E-state index contributed by atoms with van der Waals surface area (Å²) >= 11 is 0. The van der Waals surface area contributed by atoms with Gasteiger partial charge in [-0.3, -0.25) is 9.69 Å². The normalized spacial score (nSPS) is 21.3. The number of morpholine rings is 1. The maximum atomic E-state index is 13.1. The molecule has 0 spiro atoms. The van der Waals surface area contributed by atoms with Gasteiger partial charge in [0.2, 0.25) is 5.91 Å². The van der Waals surface area contributed by atoms with Gasteiger partial charge >= 0.3 is 0 Å². The van der Waals surface area contributed by atoms with Crippen LogP contribution in [0.5, 0.6) is 0 Å². The Hall–Kier alpha value is -0.850. The SMILES string of the molecule is CC(CN1CCOCC1)N(Cc1ccccc1)C(=O)C1CCNC1.Cl.Cl. The fraction of sp³-hybridized carbons (Fsp3) is 0.632. The number of benzene rings is 1. The van der Waals surface area contributed by atoms with Gasteiger partial charge < -0.3 is 15.0 Å². The first-order chi connectivity index (χ1) is 11.7. The fourth-order valence-electron chi connectivity index (χ4n) is 3.59. The zero-order chi connectivity index (χ0) is 16.8. The largest absolute Gasteiger partial charge is 0.379 e. The van der Waals surface area contributed by atoms with Crippen LogP contribution in [0.2, 0.25) is 0 Å². The van der Waals surface area contributed by atoms with Crippen LogP contribution in [0, 0.1) is 5.92 Å². The summed E-state index contributed by atoms with van der Waals surface area (Å²) in [7, 11) is 0. The van der Waals surface area contributed by atoms with Crippen molar-refractivity contribution in [2.45, 2.75) is 25.9 Å². The predicted octanol–water partition coefficient (Wildman–Crippen LogP) is 2.19. The summed E-state index contributed by atoms with van der Waals surface area (Å²) < 4.78 is 5.44. The van der Waals surface area contributed by atoms with Crippen molar-refractivity contribution in [3.05, 3.63) is 35.9 Å². The third-order valence-corrected chi connectivity index (χ3v) is 5.05. The zero-order valence-corrected chi connectivity index (χ0v) is 17.1. The molecule has 1 aromatic carbocycles. The average Bonchev–Trinajstić information content (AvgIpc) is 3.15. The van der Waals surface area contributed by atoms with Gasteiger partial charge in [-0.1, -0.05) is 30.3 Å². The molecule has 2 saturated heterocycles. The number of nitrogens with one attached hydrogen (secondary N) is 1. The van der Waals surface area contributed by atoms with E-state index in [1.54, 1.807) is 0 Å². The zero-order valence-electron chi connectivity index (χ0n) is 15.4. The smallest absolute Gasteiger partial charge is 0.227 e. The lowest BCUT2D eigenvalue weighted by molar-refractivity contribution is -0.138. The van der Waals surface area contributed by atoms with Crippen molar-refractivity contribution in [1.29, 1.82) is 0 Å². The Morgan fingerprint density at radius 2 is 1.96 bits per heavy atom. The van der Waals surface area contributed by atoms with E-state index in [1.807, 2.05) is 18.2 Å². The summed E-state index contributed by atoms with van der Waals surface area (Å²) in [6.45, 7) is 9.08. The van der Waals surface area contributed by atoms with Crippen molar-refractivity contribution in [3.8, 4) is 0 Å². The molecule has 0 bridgehead atoms. The number of nitrogens with zero attached hydrogens (tertiary/aromatic N) is 2. The van der Waals surface area contributed by atoms with Gasteiger partial charge in [-0.2, -0.15) is 0 Å². The Balaban J connectivity index is 0.00000169. The highest BCUT2D eigenvalue weighted by Crippen LogP contribution is 2.18. The molecule has 0 aromatic heterocycles. The molecule has 0 saturated carbocycles. The Bertz CT molecular complexity index is 521. The summed E-state index contributed by atoms with van der Waals surface area (Å²) in [5.74, 6) is 0.422. The molecule has 148 valence electrons. The first-order valence-electron chi connectivity index (χ1n) is 9.09. The number of carbonyl (C=O) groups excluding carboxylic acids is 1. The number of hydrogen-bond donors (Lipinski definition) is 1. The highest BCUT2D eigenvalue weighted by molar-refractivity contribution is 5.85. The Morgan fingerprint density at radius 1 is 1.27 bits per heavy atom. The number of hydrogen-bond acceptors (Lipinski definition) is 4. The third-order valence-electron chi connectivity index (χ3n) is 5.05. The van der Waals surface area contributed by atoms with Crippen molar-refractivity contribution in [1.82, 2.24) is 15.1 Å². The fourth-order valence-corrected chi connectivity index (χ4v) is 3.59. The topological polar surface area (TPSA) is 44.8 Å². The van der Waals surface area contributed by atoms with E-state index >= 15 is 0 Å². The van der Waals surface area contributed by atoms with Crippen molar-refractivity contribution in [3.63, 3.8) is 0 Å². The van der Waals surface area contributed by atoms with Crippen LogP contribution in [0.25, 0.3) is 0 Å². The lowest BCUT2D eigenvalue weighted by atomic mass is 10.0. The molecule has 2 heterocycles. The van der Waals surface area contributed by atoms with Gasteiger partial charge in [-0.25, -0.2) is 0 Å². The van der Waals surface area contributed by atoms with Crippen LogP contribution in [-0.4, -0.2) is 67.7 Å². The Labute approximate surface area is 169 Å². The molecule has 2 fully saturated rings. The molecular formula is C19H31Cl2N3O2. The summed E-state index contributed by atoms with van der Waals surface area (Å²) in [5, 5.41) is 3.32. The predicted molar refractivity (Wildman–Crippen MR) is 109 cm³/mol.